The Bertz CT molecular complexity index is 798. The van der Waals surface area contributed by atoms with E-state index in [4.69, 9.17) is 4.74 Å². The molecular formula is C18H19N3O2S. The lowest BCUT2D eigenvalue weighted by molar-refractivity contribution is -0.120. The van der Waals surface area contributed by atoms with Gasteiger partial charge in [-0.15, -0.1) is 11.3 Å². The van der Waals surface area contributed by atoms with E-state index in [0.717, 1.165) is 10.4 Å². The van der Waals surface area contributed by atoms with Crippen molar-refractivity contribution in [1.29, 1.82) is 0 Å². The molecule has 0 bridgehead atoms. The molecule has 5 nitrogen and oxygen atoms in total. The molecule has 2 aromatic heterocycles. The number of H-pyrrole nitrogens is 1. The van der Waals surface area contributed by atoms with E-state index in [1.807, 2.05) is 49.6 Å². The number of carbonyl (C=O) groups is 1. The summed E-state index contributed by atoms with van der Waals surface area (Å²) in [6.45, 7) is 4.53. The van der Waals surface area contributed by atoms with E-state index in [-0.39, 0.29) is 12.5 Å². The molecule has 0 saturated heterocycles. The number of benzene rings is 1. The van der Waals surface area contributed by atoms with Crippen molar-refractivity contribution in [2.45, 2.75) is 20.4 Å². The number of aromatic nitrogens is 2. The highest BCUT2D eigenvalue weighted by Gasteiger charge is 2.19. The molecule has 1 N–H and O–H groups in total. The summed E-state index contributed by atoms with van der Waals surface area (Å²) in [7, 11) is 0. The van der Waals surface area contributed by atoms with E-state index in [9.17, 15) is 4.79 Å². The first kappa shape index (κ1) is 16.3. The molecule has 0 saturated carbocycles. The first-order chi connectivity index (χ1) is 11.6. The lowest BCUT2D eigenvalue weighted by atomic mass is 10.1. The number of carbonyl (C=O) groups excluding carboxylic acids is 1. The van der Waals surface area contributed by atoms with Gasteiger partial charge >= 0.3 is 0 Å². The highest BCUT2D eigenvalue weighted by Crippen LogP contribution is 2.19. The number of ether oxygens (including phenoxy) is 1. The van der Waals surface area contributed by atoms with Crippen molar-refractivity contribution < 1.29 is 9.53 Å². The number of hydrogen-bond acceptors (Lipinski definition) is 4. The van der Waals surface area contributed by atoms with Crippen LogP contribution in [0.15, 0.2) is 48.0 Å². The molecule has 0 aliphatic rings. The number of rotatable bonds is 6. The number of aryl methyl sites for hydroxylation is 2. The number of anilines is 1. The first-order valence-electron chi connectivity index (χ1n) is 7.66. The van der Waals surface area contributed by atoms with Crippen LogP contribution in [0.2, 0.25) is 0 Å². The van der Waals surface area contributed by atoms with Crippen molar-refractivity contribution in [3.8, 4) is 5.75 Å². The summed E-state index contributed by atoms with van der Waals surface area (Å²) in [5, 5.41) is 8.87. The second-order valence-corrected chi connectivity index (χ2v) is 6.56. The van der Waals surface area contributed by atoms with Crippen LogP contribution in [0.1, 0.15) is 16.0 Å². The maximum atomic E-state index is 12.6. The van der Waals surface area contributed by atoms with Crippen molar-refractivity contribution in [3.63, 3.8) is 0 Å². The minimum atomic E-state index is -0.131. The zero-order chi connectivity index (χ0) is 16.9. The SMILES string of the molecule is Cc1ccc(OCC(=O)N(Cc2cccs2)c2cc[nH]n2)cc1C. The average Bonchev–Trinajstić information content (AvgIpc) is 3.26. The molecule has 0 atom stereocenters. The predicted molar refractivity (Wildman–Crippen MR) is 95.5 cm³/mol. The summed E-state index contributed by atoms with van der Waals surface area (Å²) >= 11 is 1.61. The van der Waals surface area contributed by atoms with Crippen molar-refractivity contribution in [2.24, 2.45) is 0 Å². The highest BCUT2D eigenvalue weighted by atomic mass is 32.1. The number of thiophene rings is 1. The van der Waals surface area contributed by atoms with E-state index < -0.39 is 0 Å². The third-order valence-electron chi connectivity index (χ3n) is 3.80. The molecule has 6 heteroatoms. The van der Waals surface area contributed by atoms with Gasteiger partial charge in [-0.3, -0.25) is 14.8 Å². The monoisotopic (exact) mass is 341 g/mol. The maximum absolute atomic E-state index is 12.6. The summed E-state index contributed by atoms with van der Waals surface area (Å²) in [5.74, 6) is 1.16. The molecule has 3 aromatic rings. The smallest absolute Gasteiger partial charge is 0.266 e. The van der Waals surface area contributed by atoms with Crippen LogP contribution in [0.4, 0.5) is 5.82 Å². The molecule has 0 spiro atoms. The normalized spacial score (nSPS) is 10.6. The standard InChI is InChI=1S/C18H19N3O2S/c1-13-5-6-15(10-14(13)2)23-12-18(22)21(17-7-8-19-20-17)11-16-4-3-9-24-16/h3-10H,11-12H2,1-2H3,(H,19,20). The first-order valence-corrected chi connectivity index (χ1v) is 8.54. The van der Waals surface area contributed by atoms with Crippen molar-refractivity contribution >= 4 is 23.1 Å². The van der Waals surface area contributed by atoms with Crippen LogP contribution in [0, 0.1) is 13.8 Å². The molecule has 124 valence electrons. The molecule has 0 radical (unpaired) electrons. The summed E-state index contributed by atoms with van der Waals surface area (Å²) in [6, 6.07) is 11.6. The van der Waals surface area contributed by atoms with Gasteiger partial charge in [0.1, 0.15) is 5.75 Å². The van der Waals surface area contributed by atoms with Gasteiger partial charge in [-0.1, -0.05) is 12.1 Å². The van der Waals surface area contributed by atoms with Crippen LogP contribution in [-0.2, 0) is 11.3 Å². The quantitative estimate of drug-likeness (QED) is 0.744. The minimum absolute atomic E-state index is 0.0270. The van der Waals surface area contributed by atoms with E-state index in [2.05, 4.69) is 10.2 Å². The number of nitrogens with zero attached hydrogens (tertiary/aromatic N) is 2. The molecule has 0 aliphatic carbocycles. The fraction of sp³-hybridized carbons (Fsp3) is 0.222. The van der Waals surface area contributed by atoms with E-state index >= 15 is 0 Å². The molecule has 1 amide bonds. The summed E-state index contributed by atoms with van der Waals surface area (Å²) in [6.07, 6.45) is 1.70. The van der Waals surface area contributed by atoms with Crippen molar-refractivity contribution in [2.75, 3.05) is 11.5 Å². The van der Waals surface area contributed by atoms with Crippen LogP contribution < -0.4 is 9.64 Å². The second kappa shape index (κ2) is 7.31. The van der Waals surface area contributed by atoms with Gasteiger partial charge in [0, 0.05) is 17.1 Å². The third kappa shape index (κ3) is 3.83. The van der Waals surface area contributed by atoms with Gasteiger partial charge in [-0.05, 0) is 48.6 Å². The Kier molecular flexibility index (Phi) is 4.96. The fourth-order valence-electron chi connectivity index (χ4n) is 2.28. The largest absolute Gasteiger partial charge is 0.484 e. The molecule has 0 fully saturated rings. The van der Waals surface area contributed by atoms with Crippen molar-refractivity contribution in [3.05, 3.63) is 64.0 Å². The van der Waals surface area contributed by atoms with Crippen LogP contribution in [0.25, 0.3) is 0 Å². The molecule has 24 heavy (non-hydrogen) atoms. The Balaban J connectivity index is 1.70. The topological polar surface area (TPSA) is 58.2 Å². The van der Waals surface area contributed by atoms with Crippen LogP contribution in [-0.4, -0.2) is 22.7 Å². The van der Waals surface area contributed by atoms with Crippen LogP contribution in [0.3, 0.4) is 0 Å². The Hall–Kier alpha value is -2.60. The van der Waals surface area contributed by atoms with E-state index in [1.165, 1.54) is 5.56 Å². The van der Waals surface area contributed by atoms with Gasteiger partial charge in [-0.25, -0.2) is 0 Å². The highest BCUT2D eigenvalue weighted by molar-refractivity contribution is 7.09. The third-order valence-corrected chi connectivity index (χ3v) is 4.66. The number of hydrogen-bond donors (Lipinski definition) is 1. The molecule has 0 aliphatic heterocycles. The van der Waals surface area contributed by atoms with Gasteiger partial charge in [0.2, 0.25) is 0 Å². The zero-order valence-electron chi connectivity index (χ0n) is 13.7. The lowest BCUT2D eigenvalue weighted by Gasteiger charge is -2.19. The van der Waals surface area contributed by atoms with Gasteiger partial charge < -0.3 is 4.74 Å². The zero-order valence-corrected chi connectivity index (χ0v) is 14.5. The molecule has 1 aromatic carbocycles. The van der Waals surface area contributed by atoms with Gasteiger partial charge in [0.25, 0.3) is 5.91 Å². The summed E-state index contributed by atoms with van der Waals surface area (Å²) in [5.41, 5.74) is 2.34. The molecule has 3 rings (SSSR count). The lowest BCUT2D eigenvalue weighted by Crippen LogP contribution is -2.34. The van der Waals surface area contributed by atoms with Gasteiger partial charge in [0.05, 0.1) is 6.54 Å². The van der Waals surface area contributed by atoms with Gasteiger partial charge in [-0.2, -0.15) is 5.10 Å². The number of aromatic amines is 1. The molecular weight excluding hydrogens is 322 g/mol. The maximum Gasteiger partial charge on any atom is 0.266 e. The number of nitrogens with one attached hydrogen (secondary N) is 1. The second-order valence-electron chi connectivity index (χ2n) is 5.53. The Morgan fingerprint density at radius 1 is 1.25 bits per heavy atom. The molecule has 2 heterocycles. The summed E-state index contributed by atoms with van der Waals surface area (Å²) in [4.78, 5) is 15.4. The van der Waals surface area contributed by atoms with E-state index in [0.29, 0.717) is 18.1 Å². The predicted octanol–water partition coefficient (Wildman–Crippen LogP) is 3.70. The number of amides is 1. The van der Waals surface area contributed by atoms with Crippen LogP contribution >= 0.6 is 11.3 Å². The molecule has 0 unspecified atom stereocenters. The van der Waals surface area contributed by atoms with Gasteiger partial charge in [0.15, 0.2) is 12.4 Å². The van der Waals surface area contributed by atoms with E-state index in [1.54, 1.807) is 28.5 Å². The minimum Gasteiger partial charge on any atom is -0.484 e. The summed E-state index contributed by atoms with van der Waals surface area (Å²) < 4.78 is 5.68. The Morgan fingerprint density at radius 3 is 2.79 bits per heavy atom. The Labute approximate surface area is 144 Å². The van der Waals surface area contributed by atoms with Crippen LogP contribution in [0.5, 0.6) is 5.75 Å². The average molecular weight is 341 g/mol. The fourth-order valence-corrected chi connectivity index (χ4v) is 2.98. The Morgan fingerprint density at radius 2 is 2.12 bits per heavy atom. The van der Waals surface area contributed by atoms with Crippen molar-refractivity contribution in [1.82, 2.24) is 10.2 Å².